The van der Waals surface area contributed by atoms with Gasteiger partial charge < -0.3 is 11.5 Å². The summed E-state index contributed by atoms with van der Waals surface area (Å²) in [6.07, 6.45) is 0. The van der Waals surface area contributed by atoms with Crippen molar-refractivity contribution in [3.8, 4) is 0 Å². The van der Waals surface area contributed by atoms with E-state index in [2.05, 4.69) is 12.6 Å². The Bertz CT molecular complexity index is 163. The molecule has 0 aliphatic rings. The van der Waals surface area contributed by atoms with Crippen LogP contribution in [0, 0.1) is 0 Å². The molecule has 0 amide bonds. The summed E-state index contributed by atoms with van der Waals surface area (Å²) in [5, 5.41) is -0.467. The first kappa shape index (κ1) is 11.1. The summed E-state index contributed by atoms with van der Waals surface area (Å²) in [5.41, 5.74) is 10.4. The summed E-state index contributed by atoms with van der Waals surface area (Å²) in [6.45, 7) is 0.234. The standard InChI is InChI=1S/C5H12N2O2S2/c6-1-2-11(9)5(8)4(7)3-10/h4,10H,1-3,6-7H2/t4-,11?/m0/s1. The molecule has 4 nitrogen and oxygen atoms in total. The van der Waals surface area contributed by atoms with Gasteiger partial charge in [0.2, 0.25) is 5.12 Å². The Morgan fingerprint density at radius 1 is 1.64 bits per heavy atom. The summed E-state index contributed by atoms with van der Waals surface area (Å²) in [5.74, 6) is 0.398. The van der Waals surface area contributed by atoms with Crippen LogP contribution in [0.5, 0.6) is 0 Å². The van der Waals surface area contributed by atoms with E-state index in [0.29, 0.717) is 0 Å². The molecule has 0 aromatic heterocycles. The lowest BCUT2D eigenvalue weighted by atomic mass is 10.4. The maximum Gasteiger partial charge on any atom is 0.236 e. The lowest BCUT2D eigenvalue weighted by molar-refractivity contribution is -0.112. The molecule has 11 heavy (non-hydrogen) atoms. The highest BCUT2D eigenvalue weighted by atomic mass is 32.2. The Kier molecular flexibility index (Phi) is 5.75. The smallest absolute Gasteiger partial charge is 0.236 e. The molecule has 0 aliphatic carbocycles. The van der Waals surface area contributed by atoms with Gasteiger partial charge in [-0.3, -0.25) is 9.00 Å². The molecule has 0 bridgehead atoms. The molecule has 0 radical (unpaired) electrons. The highest BCUT2D eigenvalue weighted by Crippen LogP contribution is 1.91. The second kappa shape index (κ2) is 5.70. The molecule has 0 rings (SSSR count). The van der Waals surface area contributed by atoms with Crippen molar-refractivity contribution in [1.29, 1.82) is 0 Å². The minimum atomic E-state index is -1.53. The first-order chi connectivity index (χ1) is 5.13. The van der Waals surface area contributed by atoms with Crippen LogP contribution in [0.1, 0.15) is 0 Å². The molecule has 2 atom stereocenters. The molecule has 4 N–H and O–H groups in total. The molecule has 66 valence electrons. The van der Waals surface area contributed by atoms with Gasteiger partial charge in [-0.1, -0.05) is 0 Å². The summed E-state index contributed by atoms with van der Waals surface area (Å²) in [7, 11) is -1.53. The third-order valence-electron chi connectivity index (χ3n) is 1.03. The van der Waals surface area contributed by atoms with E-state index in [1.807, 2.05) is 0 Å². The average molecular weight is 196 g/mol. The number of carbonyl (C=O) groups excluding carboxylic acids is 1. The fourth-order valence-electron chi connectivity index (χ4n) is 0.451. The molecule has 6 heteroatoms. The van der Waals surface area contributed by atoms with Gasteiger partial charge >= 0.3 is 0 Å². The molecular formula is C5H12N2O2S2. The topological polar surface area (TPSA) is 86.2 Å². The lowest BCUT2D eigenvalue weighted by Crippen LogP contribution is -2.36. The molecular weight excluding hydrogens is 184 g/mol. The van der Waals surface area contributed by atoms with Crippen LogP contribution in [-0.2, 0) is 15.6 Å². The normalized spacial score (nSPS) is 15.9. The van der Waals surface area contributed by atoms with Gasteiger partial charge in [0.1, 0.15) is 0 Å². The van der Waals surface area contributed by atoms with Gasteiger partial charge in [0.25, 0.3) is 0 Å². The Balaban J connectivity index is 3.92. The van der Waals surface area contributed by atoms with E-state index in [1.54, 1.807) is 0 Å². The highest BCUT2D eigenvalue weighted by Gasteiger charge is 2.17. The SMILES string of the molecule is NCCS(=O)C(=O)[C@@H](N)CS. The molecule has 0 aromatic carbocycles. The van der Waals surface area contributed by atoms with Crippen LogP contribution >= 0.6 is 12.6 Å². The van der Waals surface area contributed by atoms with Crippen molar-refractivity contribution in [2.75, 3.05) is 18.1 Å². The zero-order valence-corrected chi connectivity index (χ0v) is 7.74. The van der Waals surface area contributed by atoms with Gasteiger partial charge in [0, 0.05) is 18.1 Å². The monoisotopic (exact) mass is 196 g/mol. The first-order valence-corrected chi connectivity index (χ1v) is 5.07. The van der Waals surface area contributed by atoms with Crippen LogP contribution in [0.2, 0.25) is 0 Å². The Hall–Kier alpha value is 0.0900. The molecule has 0 fully saturated rings. The van der Waals surface area contributed by atoms with Crippen LogP contribution in [0.4, 0.5) is 0 Å². The van der Waals surface area contributed by atoms with Crippen molar-refractivity contribution in [2.45, 2.75) is 6.04 Å². The number of nitrogens with two attached hydrogens (primary N) is 2. The van der Waals surface area contributed by atoms with Crippen LogP contribution in [0.25, 0.3) is 0 Å². The highest BCUT2D eigenvalue weighted by molar-refractivity contribution is 8.00. The molecule has 0 heterocycles. The molecule has 0 aliphatic heterocycles. The summed E-state index contributed by atoms with van der Waals surface area (Å²) < 4.78 is 10.9. The zero-order chi connectivity index (χ0) is 8.85. The first-order valence-electron chi connectivity index (χ1n) is 3.12. The van der Waals surface area contributed by atoms with E-state index >= 15 is 0 Å². The van der Waals surface area contributed by atoms with Gasteiger partial charge in [-0.2, -0.15) is 12.6 Å². The number of thiol groups is 1. The van der Waals surface area contributed by atoms with Crippen LogP contribution in [0.15, 0.2) is 0 Å². The van der Waals surface area contributed by atoms with Crippen molar-refractivity contribution in [1.82, 2.24) is 0 Å². The van der Waals surface area contributed by atoms with E-state index in [9.17, 15) is 9.00 Å². The van der Waals surface area contributed by atoms with Crippen molar-refractivity contribution in [3.05, 3.63) is 0 Å². The summed E-state index contributed by atoms with van der Waals surface area (Å²) >= 11 is 3.81. The molecule has 1 unspecified atom stereocenters. The van der Waals surface area contributed by atoms with E-state index in [-0.39, 0.29) is 18.1 Å². The summed E-state index contributed by atoms with van der Waals surface area (Å²) in [6, 6.07) is -0.731. The van der Waals surface area contributed by atoms with Gasteiger partial charge in [-0.15, -0.1) is 0 Å². The van der Waals surface area contributed by atoms with Crippen LogP contribution < -0.4 is 11.5 Å². The molecule has 0 aromatic rings. The van der Waals surface area contributed by atoms with Gasteiger partial charge in [0.15, 0.2) is 0 Å². The largest absolute Gasteiger partial charge is 0.330 e. The number of hydrogen-bond donors (Lipinski definition) is 3. The van der Waals surface area contributed by atoms with Crippen molar-refractivity contribution in [3.63, 3.8) is 0 Å². The molecule has 0 saturated heterocycles. The second-order valence-electron chi connectivity index (χ2n) is 1.95. The van der Waals surface area contributed by atoms with Crippen molar-refractivity contribution in [2.24, 2.45) is 11.5 Å². The van der Waals surface area contributed by atoms with Crippen LogP contribution in [-0.4, -0.2) is 33.4 Å². The molecule has 0 saturated carbocycles. The second-order valence-corrected chi connectivity index (χ2v) is 3.81. The fourth-order valence-corrected chi connectivity index (χ4v) is 1.58. The van der Waals surface area contributed by atoms with Gasteiger partial charge in [0.05, 0.1) is 16.8 Å². The maximum absolute atomic E-state index is 10.9. The third kappa shape index (κ3) is 3.85. The Morgan fingerprint density at radius 2 is 2.18 bits per heavy atom. The van der Waals surface area contributed by atoms with Crippen molar-refractivity contribution < 1.29 is 9.00 Å². The average Bonchev–Trinajstić information content (AvgIpc) is 2.02. The summed E-state index contributed by atoms with van der Waals surface area (Å²) in [4.78, 5) is 10.9. The van der Waals surface area contributed by atoms with E-state index in [4.69, 9.17) is 11.5 Å². The maximum atomic E-state index is 10.9. The minimum Gasteiger partial charge on any atom is -0.330 e. The molecule has 0 spiro atoms. The van der Waals surface area contributed by atoms with Gasteiger partial charge in [-0.05, 0) is 0 Å². The lowest BCUT2D eigenvalue weighted by Gasteiger charge is -2.04. The number of hydrogen-bond acceptors (Lipinski definition) is 5. The quantitative estimate of drug-likeness (QED) is 0.477. The number of rotatable bonds is 4. The van der Waals surface area contributed by atoms with Crippen molar-refractivity contribution >= 4 is 28.5 Å². The Morgan fingerprint density at radius 3 is 2.55 bits per heavy atom. The predicted octanol–water partition coefficient (Wildman–Crippen LogP) is -1.52. The van der Waals surface area contributed by atoms with E-state index < -0.39 is 22.0 Å². The van der Waals surface area contributed by atoms with Gasteiger partial charge in [-0.25, -0.2) is 0 Å². The number of carbonyl (C=O) groups is 1. The third-order valence-corrected chi connectivity index (χ3v) is 2.78. The van der Waals surface area contributed by atoms with Crippen LogP contribution in [0.3, 0.4) is 0 Å². The predicted molar refractivity (Wildman–Crippen MR) is 48.9 cm³/mol. The fraction of sp³-hybridized carbons (Fsp3) is 0.800. The van der Waals surface area contributed by atoms with E-state index in [1.165, 1.54) is 0 Å². The minimum absolute atomic E-state index is 0.181. The van der Waals surface area contributed by atoms with E-state index in [0.717, 1.165) is 0 Å². The zero-order valence-electron chi connectivity index (χ0n) is 6.03. The Labute approximate surface area is 73.6 Å².